The SMILES string of the molecule is CN(Cc1ccccc1Br)C(=O)CN(CCO)C1CCC1. The smallest absolute Gasteiger partial charge is 0.236 e. The van der Waals surface area contributed by atoms with Crippen LogP contribution in [-0.4, -0.2) is 53.6 Å². The lowest BCUT2D eigenvalue weighted by atomic mass is 9.91. The minimum atomic E-state index is 0.103. The molecule has 1 aromatic rings. The van der Waals surface area contributed by atoms with Crippen LogP contribution in [0, 0.1) is 0 Å². The first-order valence-electron chi connectivity index (χ1n) is 7.44. The number of nitrogens with zero attached hydrogens (tertiary/aromatic N) is 2. The highest BCUT2D eigenvalue weighted by Gasteiger charge is 2.26. The summed E-state index contributed by atoms with van der Waals surface area (Å²) in [7, 11) is 1.83. The summed E-state index contributed by atoms with van der Waals surface area (Å²) in [5, 5.41) is 9.16. The van der Waals surface area contributed by atoms with Gasteiger partial charge in [-0.15, -0.1) is 0 Å². The number of hydrogen-bond acceptors (Lipinski definition) is 3. The number of amides is 1. The van der Waals surface area contributed by atoms with Crippen molar-refractivity contribution in [2.24, 2.45) is 0 Å². The Morgan fingerprint density at radius 3 is 2.67 bits per heavy atom. The van der Waals surface area contributed by atoms with Crippen LogP contribution in [0.2, 0.25) is 0 Å². The molecule has 0 saturated heterocycles. The fourth-order valence-electron chi connectivity index (χ4n) is 2.54. The van der Waals surface area contributed by atoms with Crippen LogP contribution in [0.3, 0.4) is 0 Å². The molecular formula is C16H23BrN2O2. The van der Waals surface area contributed by atoms with E-state index in [-0.39, 0.29) is 12.5 Å². The summed E-state index contributed by atoms with van der Waals surface area (Å²) in [5.41, 5.74) is 1.10. The molecule has 0 atom stereocenters. The van der Waals surface area contributed by atoms with Gasteiger partial charge in [-0.2, -0.15) is 0 Å². The van der Waals surface area contributed by atoms with Crippen molar-refractivity contribution >= 4 is 21.8 Å². The topological polar surface area (TPSA) is 43.8 Å². The minimum absolute atomic E-state index is 0.103. The molecule has 1 aromatic carbocycles. The Bertz CT molecular complexity index is 477. The first kappa shape index (κ1) is 16.5. The van der Waals surface area contributed by atoms with Crippen molar-refractivity contribution in [3.63, 3.8) is 0 Å². The van der Waals surface area contributed by atoms with Gasteiger partial charge in [0.25, 0.3) is 0 Å². The zero-order valence-electron chi connectivity index (χ0n) is 12.5. The van der Waals surface area contributed by atoms with Crippen LogP contribution in [0.1, 0.15) is 24.8 Å². The Morgan fingerprint density at radius 1 is 1.38 bits per heavy atom. The molecule has 4 nitrogen and oxygen atoms in total. The van der Waals surface area contributed by atoms with Gasteiger partial charge in [0.1, 0.15) is 0 Å². The van der Waals surface area contributed by atoms with Gasteiger partial charge >= 0.3 is 0 Å². The van der Waals surface area contributed by atoms with Gasteiger partial charge in [-0.25, -0.2) is 0 Å². The van der Waals surface area contributed by atoms with Crippen molar-refractivity contribution in [1.29, 1.82) is 0 Å². The standard InChI is InChI=1S/C16H23BrN2O2/c1-18(11-13-5-2-3-8-15(13)17)16(21)12-19(9-10-20)14-6-4-7-14/h2-3,5,8,14,20H,4,6-7,9-12H2,1H3. The van der Waals surface area contributed by atoms with Crippen LogP contribution >= 0.6 is 15.9 Å². The largest absolute Gasteiger partial charge is 0.395 e. The fourth-order valence-corrected chi connectivity index (χ4v) is 2.95. The molecule has 1 aliphatic rings. The minimum Gasteiger partial charge on any atom is -0.395 e. The van der Waals surface area contributed by atoms with Gasteiger partial charge in [-0.05, 0) is 24.5 Å². The number of likely N-dealkylation sites (N-methyl/N-ethyl adjacent to an activating group) is 1. The number of carbonyl (C=O) groups is 1. The van der Waals surface area contributed by atoms with E-state index in [1.807, 2.05) is 31.3 Å². The average Bonchev–Trinajstić information content (AvgIpc) is 2.39. The predicted octanol–water partition coefficient (Wildman–Crippen LogP) is 2.25. The van der Waals surface area contributed by atoms with E-state index >= 15 is 0 Å². The summed E-state index contributed by atoms with van der Waals surface area (Å²) in [6.07, 6.45) is 3.51. The molecule has 1 saturated carbocycles. The number of halogens is 1. The lowest BCUT2D eigenvalue weighted by molar-refractivity contribution is -0.132. The molecule has 1 aliphatic carbocycles. The molecule has 5 heteroatoms. The van der Waals surface area contributed by atoms with Gasteiger partial charge in [-0.3, -0.25) is 9.69 Å². The maximum absolute atomic E-state index is 12.4. The molecule has 0 unspecified atom stereocenters. The first-order valence-corrected chi connectivity index (χ1v) is 8.23. The van der Waals surface area contributed by atoms with Crippen LogP contribution in [0.15, 0.2) is 28.7 Å². The van der Waals surface area contributed by atoms with Crippen molar-refractivity contribution in [2.45, 2.75) is 31.8 Å². The second kappa shape index (κ2) is 7.92. The normalized spacial score (nSPS) is 15.0. The number of aliphatic hydroxyl groups excluding tert-OH is 1. The molecule has 21 heavy (non-hydrogen) atoms. The van der Waals surface area contributed by atoms with Gasteiger partial charge in [0, 0.05) is 30.7 Å². The van der Waals surface area contributed by atoms with Crippen LogP contribution < -0.4 is 0 Å². The zero-order chi connectivity index (χ0) is 15.2. The van der Waals surface area contributed by atoms with Crippen molar-refractivity contribution in [3.05, 3.63) is 34.3 Å². The molecule has 0 spiro atoms. The molecule has 0 bridgehead atoms. The van der Waals surface area contributed by atoms with Crippen molar-refractivity contribution < 1.29 is 9.90 Å². The van der Waals surface area contributed by atoms with Crippen LogP contribution in [0.5, 0.6) is 0 Å². The lowest BCUT2D eigenvalue weighted by Crippen LogP contribution is -2.47. The molecule has 0 radical (unpaired) electrons. The van der Waals surface area contributed by atoms with Crippen molar-refractivity contribution in [2.75, 3.05) is 26.7 Å². The Hall–Kier alpha value is -0.910. The molecule has 1 fully saturated rings. The van der Waals surface area contributed by atoms with Crippen LogP contribution in [-0.2, 0) is 11.3 Å². The van der Waals surface area contributed by atoms with Crippen LogP contribution in [0.25, 0.3) is 0 Å². The van der Waals surface area contributed by atoms with E-state index in [0.29, 0.717) is 25.7 Å². The summed E-state index contributed by atoms with van der Waals surface area (Å²) < 4.78 is 1.02. The molecule has 116 valence electrons. The van der Waals surface area contributed by atoms with Crippen molar-refractivity contribution in [3.8, 4) is 0 Å². The molecule has 0 aromatic heterocycles. The Balaban J connectivity index is 1.90. The molecular weight excluding hydrogens is 332 g/mol. The van der Waals surface area contributed by atoms with E-state index in [4.69, 9.17) is 5.11 Å². The summed E-state index contributed by atoms with van der Waals surface area (Å²) >= 11 is 3.51. The van der Waals surface area contributed by atoms with Gasteiger partial charge in [-0.1, -0.05) is 40.5 Å². The van der Waals surface area contributed by atoms with E-state index in [1.165, 1.54) is 6.42 Å². The summed E-state index contributed by atoms with van der Waals surface area (Å²) in [4.78, 5) is 16.2. The maximum atomic E-state index is 12.4. The molecule has 1 amide bonds. The number of carbonyl (C=O) groups excluding carboxylic acids is 1. The highest BCUT2D eigenvalue weighted by atomic mass is 79.9. The highest BCUT2D eigenvalue weighted by Crippen LogP contribution is 2.24. The van der Waals surface area contributed by atoms with Gasteiger partial charge in [0.2, 0.25) is 5.91 Å². The van der Waals surface area contributed by atoms with E-state index in [2.05, 4.69) is 20.8 Å². The summed E-state index contributed by atoms with van der Waals surface area (Å²) in [6.45, 7) is 1.68. The number of benzene rings is 1. The van der Waals surface area contributed by atoms with E-state index < -0.39 is 0 Å². The Labute approximate surface area is 134 Å². The van der Waals surface area contributed by atoms with E-state index in [9.17, 15) is 4.79 Å². The number of hydrogen-bond donors (Lipinski definition) is 1. The average molecular weight is 355 g/mol. The molecule has 2 rings (SSSR count). The van der Waals surface area contributed by atoms with Crippen LogP contribution in [0.4, 0.5) is 0 Å². The second-order valence-electron chi connectivity index (χ2n) is 5.62. The predicted molar refractivity (Wildman–Crippen MR) is 86.9 cm³/mol. The fraction of sp³-hybridized carbons (Fsp3) is 0.562. The number of aliphatic hydroxyl groups is 1. The third-order valence-electron chi connectivity index (χ3n) is 4.11. The maximum Gasteiger partial charge on any atom is 0.236 e. The molecule has 0 aliphatic heterocycles. The van der Waals surface area contributed by atoms with Gasteiger partial charge in [0.05, 0.1) is 13.2 Å². The lowest BCUT2D eigenvalue weighted by Gasteiger charge is -2.37. The monoisotopic (exact) mass is 354 g/mol. The first-order chi connectivity index (χ1) is 10.1. The summed E-state index contributed by atoms with van der Waals surface area (Å²) in [5.74, 6) is 0.103. The highest BCUT2D eigenvalue weighted by molar-refractivity contribution is 9.10. The Morgan fingerprint density at radius 2 is 2.10 bits per heavy atom. The molecule has 0 heterocycles. The van der Waals surface area contributed by atoms with Gasteiger partial charge in [0.15, 0.2) is 0 Å². The third-order valence-corrected chi connectivity index (χ3v) is 4.88. The van der Waals surface area contributed by atoms with Gasteiger partial charge < -0.3 is 10.0 Å². The van der Waals surface area contributed by atoms with E-state index in [1.54, 1.807) is 4.90 Å². The number of rotatable bonds is 7. The Kier molecular flexibility index (Phi) is 6.21. The van der Waals surface area contributed by atoms with E-state index in [0.717, 1.165) is 22.9 Å². The second-order valence-corrected chi connectivity index (χ2v) is 6.47. The zero-order valence-corrected chi connectivity index (χ0v) is 14.1. The quantitative estimate of drug-likeness (QED) is 0.816. The third kappa shape index (κ3) is 4.53. The molecule has 1 N–H and O–H groups in total. The van der Waals surface area contributed by atoms with Crippen molar-refractivity contribution in [1.82, 2.24) is 9.80 Å². The summed E-state index contributed by atoms with van der Waals surface area (Å²) in [6, 6.07) is 8.42.